The Bertz CT molecular complexity index is 375. The second kappa shape index (κ2) is 5.22. The average molecular weight is 232 g/mol. The summed E-state index contributed by atoms with van der Waals surface area (Å²) >= 11 is 0. The number of hydrogen-bond donors (Lipinski definition) is 0. The van der Waals surface area contributed by atoms with E-state index in [0.717, 1.165) is 5.75 Å². The molecule has 0 bridgehead atoms. The van der Waals surface area contributed by atoms with E-state index in [2.05, 4.69) is 38.1 Å². The van der Waals surface area contributed by atoms with E-state index in [1.54, 1.807) is 0 Å². The highest BCUT2D eigenvalue weighted by Crippen LogP contribution is 2.20. The molecule has 1 aromatic carbocycles. The van der Waals surface area contributed by atoms with Crippen LogP contribution in [-0.4, -0.2) is 14.7 Å². The van der Waals surface area contributed by atoms with Gasteiger partial charge in [0.1, 0.15) is 5.75 Å². The predicted octanol–water partition coefficient (Wildman–Crippen LogP) is 2.95. The molecule has 86 valence electrons. The maximum Gasteiger partial charge on any atom is 0.167 e. The topological polar surface area (TPSA) is 9.23 Å². The van der Waals surface area contributed by atoms with Crippen molar-refractivity contribution < 1.29 is 4.74 Å². The Labute approximate surface area is 99.8 Å². The van der Waals surface area contributed by atoms with Crippen molar-refractivity contribution in [1.29, 1.82) is 0 Å². The van der Waals surface area contributed by atoms with E-state index in [1.807, 2.05) is 19.1 Å². The van der Waals surface area contributed by atoms with Gasteiger partial charge in [0, 0.05) is 0 Å². The largest absolute Gasteiger partial charge is 0.494 e. The van der Waals surface area contributed by atoms with Gasteiger partial charge in [0.2, 0.25) is 0 Å². The van der Waals surface area contributed by atoms with Crippen LogP contribution in [0.5, 0.6) is 5.75 Å². The molecule has 0 aliphatic heterocycles. The third-order valence-electron chi connectivity index (χ3n) is 3.22. The minimum atomic E-state index is -1.75. The lowest BCUT2D eigenvalue weighted by molar-refractivity contribution is 0.340. The number of ether oxygens (including phenoxy) is 1. The molecule has 0 N–H and O–H groups in total. The molecular formula is C14H20OSi. The third kappa shape index (κ3) is 2.48. The summed E-state index contributed by atoms with van der Waals surface area (Å²) in [6, 6.07) is 8.28. The SMILES string of the molecule is C#C[Si](C)(c1ccc(OCC)cc1)C(C)C. The molecule has 1 unspecified atom stereocenters. The lowest BCUT2D eigenvalue weighted by Crippen LogP contribution is -2.46. The van der Waals surface area contributed by atoms with E-state index in [4.69, 9.17) is 11.2 Å². The number of rotatable bonds is 4. The summed E-state index contributed by atoms with van der Waals surface area (Å²) in [5, 5.41) is 1.31. The zero-order chi connectivity index (χ0) is 12.2. The van der Waals surface area contributed by atoms with Gasteiger partial charge in [0.05, 0.1) is 6.61 Å². The molecule has 1 atom stereocenters. The van der Waals surface area contributed by atoms with Crippen LogP contribution in [0.1, 0.15) is 20.8 Å². The highest BCUT2D eigenvalue weighted by Gasteiger charge is 2.31. The molecule has 0 aromatic heterocycles. The van der Waals surface area contributed by atoms with Crippen molar-refractivity contribution in [2.24, 2.45) is 0 Å². The van der Waals surface area contributed by atoms with Gasteiger partial charge < -0.3 is 4.74 Å². The van der Waals surface area contributed by atoms with Crippen molar-refractivity contribution in [2.45, 2.75) is 32.9 Å². The fourth-order valence-electron chi connectivity index (χ4n) is 1.65. The first-order valence-corrected chi connectivity index (χ1v) is 8.33. The van der Waals surface area contributed by atoms with Gasteiger partial charge in [-0.3, -0.25) is 0 Å². The fourth-order valence-corrected chi connectivity index (χ4v) is 3.67. The van der Waals surface area contributed by atoms with E-state index in [-0.39, 0.29) is 0 Å². The van der Waals surface area contributed by atoms with E-state index in [0.29, 0.717) is 12.1 Å². The molecule has 1 aromatic rings. The molecule has 0 radical (unpaired) electrons. The lowest BCUT2D eigenvalue weighted by Gasteiger charge is -2.25. The van der Waals surface area contributed by atoms with Crippen molar-refractivity contribution in [3.05, 3.63) is 24.3 Å². The van der Waals surface area contributed by atoms with E-state index >= 15 is 0 Å². The van der Waals surface area contributed by atoms with Gasteiger partial charge in [0.25, 0.3) is 0 Å². The van der Waals surface area contributed by atoms with Gasteiger partial charge in [-0.1, -0.05) is 32.5 Å². The zero-order valence-electron chi connectivity index (χ0n) is 10.6. The summed E-state index contributed by atoms with van der Waals surface area (Å²) in [5.41, 5.74) is 3.60. The van der Waals surface area contributed by atoms with Crippen LogP contribution in [-0.2, 0) is 0 Å². The van der Waals surface area contributed by atoms with Crippen LogP contribution in [0.15, 0.2) is 24.3 Å². The molecule has 16 heavy (non-hydrogen) atoms. The van der Waals surface area contributed by atoms with Crippen LogP contribution in [0.2, 0.25) is 12.1 Å². The molecule has 1 nitrogen and oxygen atoms in total. The third-order valence-corrected chi connectivity index (χ3v) is 7.66. The summed E-state index contributed by atoms with van der Waals surface area (Å²) in [5.74, 6) is 0.920. The molecule has 0 amide bonds. The normalized spacial score (nSPS) is 14.2. The molecule has 0 saturated heterocycles. The van der Waals surface area contributed by atoms with E-state index < -0.39 is 8.07 Å². The molecule has 0 heterocycles. The fraction of sp³-hybridized carbons (Fsp3) is 0.429. The summed E-state index contributed by atoms with van der Waals surface area (Å²) < 4.78 is 5.43. The average Bonchev–Trinajstić information content (AvgIpc) is 2.29. The standard InChI is InChI=1S/C14H20OSi/c1-6-15-13-8-10-14(11-9-13)16(5,7-2)12(3)4/h2,8-12H,6H2,1,3-5H3. The van der Waals surface area contributed by atoms with Gasteiger partial charge in [0.15, 0.2) is 8.07 Å². The summed E-state index contributed by atoms with van der Waals surface area (Å²) in [4.78, 5) is 0. The Morgan fingerprint density at radius 1 is 1.31 bits per heavy atom. The Hall–Kier alpha value is -1.20. The first-order valence-electron chi connectivity index (χ1n) is 5.75. The molecule has 0 aliphatic rings. The summed E-state index contributed by atoms with van der Waals surface area (Å²) in [7, 11) is -1.75. The molecule has 2 heteroatoms. The Morgan fingerprint density at radius 2 is 1.88 bits per heavy atom. The van der Waals surface area contributed by atoms with Crippen LogP contribution in [0.25, 0.3) is 0 Å². The van der Waals surface area contributed by atoms with Crippen LogP contribution in [0.4, 0.5) is 0 Å². The van der Waals surface area contributed by atoms with Gasteiger partial charge in [-0.2, -0.15) is 0 Å². The summed E-state index contributed by atoms with van der Waals surface area (Å²) in [6.45, 7) is 9.36. The lowest BCUT2D eigenvalue weighted by atomic mass is 10.3. The van der Waals surface area contributed by atoms with Crippen molar-refractivity contribution >= 4 is 13.3 Å². The smallest absolute Gasteiger partial charge is 0.167 e. The minimum absolute atomic E-state index is 0.551. The highest BCUT2D eigenvalue weighted by atomic mass is 28.3. The predicted molar refractivity (Wildman–Crippen MR) is 72.8 cm³/mol. The highest BCUT2D eigenvalue weighted by molar-refractivity contribution is 6.98. The molecule has 0 spiro atoms. The molecular weight excluding hydrogens is 212 g/mol. The minimum Gasteiger partial charge on any atom is -0.494 e. The van der Waals surface area contributed by atoms with Gasteiger partial charge in [-0.15, -0.1) is 12.0 Å². The Morgan fingerprint density at radius 3 is 2.25 bits per heavy atom. The van der Waals surface area contributed by atoms with Crippen LogP contribution >= 0.6 is 0 Å². The summed E-state index contributed by atoms with van der Waals surface area (Å²) in [6.07, 6.45) is 5.72. The molecule has 1 rings (SSSR count). The van der Waals surface area contributed by atoms with Gasteiger partial charge >= 0.3 is 0 Å². The molecule has 0 saturated carbocycles. The second-order valence-electron chi connectivity index (χ2n) is 4.46. The number of hydrogen-bond acceptors (Lipinski definition) is 1. The number of benzene rings is 1. The van der Waals surface area contributed by atoms with Crippen LogP contribution in [0.3, 0.4) is 0 Å². The first-order chi connectivity index (χ1) is 7.54. The number of terminal acetylenes is 1. The Kier molecular flexibility index (Phi) is 4.20. The van der Waals surface area contributed by atoms with Crippen molar-refractivity contribution in [3.8, 4) is 17.7 Å². The van der Waals surface area contributed by atoms with E-state index in [9.17, 15) is 0 Å². The maximum absolute atomic E-state index is 5.72. The first kappa shape index (κ1) is 12.9. The van der Waals surface area contributed by atoms with E-state index in [1.165, 1.54) is 5.19 Å². The monoisotopic (exact) mass is 232 g/mol. The van der Waals surface area contributed by atoms with Crippen LogP contribution < -0.4 is 9.92 Å². The quantitative estimate of drug-likeness (QED) is 0.573. The van der Waals surface area contributed by atoms with Gasteiger partial charge in [-0.05, 0) is 29.8 Å². The second-order valence-corrected chi connectivity index (χ2v) is 8.88. The van der Waals surface area contributed by atoms with Crippen LogP contribution in [0, 0.1) is 12.0 Å². The van der Waals surface area contributed by atoms with Crippen molar-refractivity contribution in [1.82, 2.24) is 0 Å². The zero-order valence-corrected chi connectivity index (χ0v) is 11.6. The van der Waals surface area contributed by atoms with Gasteiger partial charge in [-0.25, -0.2) is 0 Å². The van der Waals surface area contributed by atoms with Crippen molar-refractivity contribution in [2.75, 3.05) is 6.61 Å². The Balaban J connectivity index is 3.01. The maximum atomic E-state index is 5.72. The van der Waals surface area contributed by atoms with Crippen molar-refractivity contribution in [3.63, 3.8) is 0 Å². The molecule has 0 aliphatic carbocycles. The molecule has 0 fully saturated rings.